The highest BCUT2D eigenvalue weighted by atomic mass is 16.7. The molecule has 0 bridgehead atoms. The standard InChI is InChI=1S/C31H55N3O5/c1-5-6-7-8-9-10-11-12-13-14-15-16-17-18-19-20-22-33-31(36)39-34-25(3)27(30(35)37-4)28(32)24(2)29(34)26-21-23-38-26/h26,29H,5-23,32H2,1-4H3,(H,33,36). The summed E-state index contributed by atoms with van der Waals surface area (Å²) in [6, 6.07) is -0.367. The lowest BCUT2D eigenvalue weighted by atomic mass is 9.89. The Morgan fingerprint density at radius 2 is 1.38 bits per heavy atom. The van der Waals surface area contributed by atoms with Gasteiger partial charge in [0.2, 0.25) is 0 Å². The molecule has 3 N–H and O–H groups in total. The number of amides is 1. The fourth-order valence-electron chi connectivity index (χ4n) is 5.45. The number of carbonyl (C=O) groups is 2. The van der Waals surface area contributed by atoms with Crippen molar-refractivity contribution in [3.8, 4) is 0 Å². The molecule has 0 radical (unpaired) electrons. The molecule has 2 heterocycles. The Kier molecular flexibility index (Phi) is 16.0. The molecule has 2 aliphatic rings. The number of methoxy groups -OCH3 is 1. The SMILES string of the molecule is CCCCCCCCCCCCCCCCCCNC(=O)ON1C(C)=C(C(=O)OC)C(N)=C(C)C1C1CCO1. The average Bonchev–Trinajstić information content (AvgIpc) is 2.89. The zero-order valence-electron chi connectivity index (χ0n) is 25.2. The molecule has 2 aliphatic heterocycles. The number of nitrogens with one attached hydrogen (secondary N) is 1. The molecule has 224 valence electrons. The Morgan fingerprint density at radius 3 is 1.82 bits per heavy atom. The van der Waals surface area contributed by atoms with Crippen LogP contribution in [-0.2, 0) is 19.1 Å². The molecule has 2 atom stereocenters. The summed E-state index contributed by atoms with van der Waals surface area (Å²) in [6.07, 6.45) is 21.1. The third-order valence-electron chi connectivity index (χ3n) is 8.04. The maximum absolute atomic E-state index is 12.6. The van der Waals surface area contributed by atoms with Gasteiger partial charge in [0.25, 0.3) is 0 Å². The van der Waals surface area contributed by atoms with Gasteiger partial charge in [-0.1, -0.05) is 103 Å². The van der Waals surface area contributed by atoms with E-state index in [1.807, 2.05) is 6.92 Å². The van der Waals surface area contributed by atoms with Crippen LogP contribution >= 0.6 is 0 Å². The molecule has 1 saturated heterocycles. The van der Waals surface area contributed by atoms with Crippen LogP contribution in [0.1, 0.15) is 130 Å². The minimum atomic E-state index is -0.556. The molecule has 0 aliphatic carbocycles. The van der Waals surface area contributed by atoms with E-state index in [0.29, 0.717) is 24.5 Å². The first-order chi connectivity index (χ1) is 18.9. The van der Waals surface area contributed by atoms with Gasteiger partial charge in [-0.05, 0) is 32.3 Å². The van der Waals surface area contributed by atoms with E-state index < -0.39 is 12.1 Å². The van der Waals surface area contributed by atoms with Crippen LogP contribution in [0.3, 0.4) is 0 Å². The molecule has 2 unspecified atom stereocenters. The molecule has 1 fully saturated rings. The Labute approximate surface area is 237 Å². The van der Waals surface area contributed by atoms with Crippen LogP contribution in [0.4, 0.5) is 4.79 Å². The second kappa shape index (κ2) is 19.0. The highest BCUT2D eigenvalue weighted by Crippen LogP contribution is 2.36. The fraction of sp³-hybridized carbons (Fsp3) is 0.806. The van der Waals surface area contributed by atoms with Gasteiger partial charge < -0.3 is 25.4 Å². The number of hydroxylamine groups is 2. The maximum atomic E-state index is 12.6. The van der Waals surface area contributed by atoms with Gasteiger partial charge >= 0.3 is 12.1 Å². The van der Waals surface area contributed by atoms with Crippen molar-refractivity contribution in [2.24, 2.45) is 5.73 Å². The first kappa shape index (κ1) is 33.0. The summed E-state index contributed by atoms with van der Waals surface area (Å²) < 4.78 is 10.6. The maximum Gasteiger partial charge on any atom is 0.431 e. The van der Waals surface area contributed by atoms with E-state index in [1.165, 1.54) is 102 Å². The fourth-order valence-corrected chi connectivity index (χ4v) is 5.45. The molecule has 8 heteroatoms. The first-order valence-electron chi connectivity index (χ1n) is 15.5. The van der Waals surface area contributed by atoms with E-state index in [-0.39, 0.29) is 17.7 Å². The number of rotatable bonds is 20. The quantitative estimate of drug-likeness (QED) is 0.124. The lowest BCUT2D eigenvalue weighted by Crippen LogP contribution is -2.53. The Hall–Kier alpha value is -2.22. The number of carbonyl (C=O) groups excluding carboxylic acids is 2. The van der Waals surface area contributed by atoms with Crippen LogP contribution in [0.15, 0.2) is 22.5 Å². The van der Waals surface area contributed by atoms with Crippen LogP contribution in [0.2, 0.25) is 0 Å². The zero-order chi connectivity index (χ0) is 28.5. The van der Waals surface area contributed by atoms with Gasteiger partial charge in [-0.15, -0.1) is 0 Å². The third kappa shape index (κ3) is 11.1. The molecule has 0 spiro atoms. The van der Waals surface area contributed by atoms with E-state index in [1.54, 1.807) is 6.92 Å². The number of ether oxygens (including phenoxy) is 2. The number of unbranched alkanes of at least 4 members (excludes halogenated alkanes) is 15. The van der Waals surface area contributed by atoms with Crippen LogP contribution in [0, 0.1) is 0 Å². The molecule has 0 aromatic rings. The van der Waals surface area contributed by atoms with E-state index in [2.05, 4.69) is 12.2 Å². The van der Waals surface area contributed by atoms with Crippen molar-refractivity contribution in [1.29, 1.82) is 0 Å². The third-order valence-corrected chi connectivity index (χ3v) is 8.04. The predicted octanol–water partition coefficient (Wildman–Crippen LogP) is 7.04. The highest BCUT2D eigenvalue weighted by Gasteiger charge is 2.43. The first-order valence-corrected chi connectivity index (χ1v) is 15.5. The summed E-state index contributed by atoms with van der Waals surface area (Å²) >= 11 is 0. The van der Waals surface area contributed by atoms with Gasteiger partial charge in [-0.2, -0.15) is 5.06 Å². The van der Waals surface area contributed by atoms with Crippen molar-refractivity contribution in [3.05, 3.63) is 22.5 Å². The van der Waals surface area contributed by atoms with E-state index >= 15 is 0 Å². The van der Waals surface area contributed by atoms with Gasteiger partial charge in [0.1, 0.15) is 11.6 Å². The minimum Gasteiger partial charge on any atom is -0.465 e. The smallest absolute Gasteiger partial charge is 0.431 e. The normalized spacial score (nSPS) is 19.2. The lowest BCUT2D eigenvalue weighted by molar-refractivity contribution is -0.166. The molecule has 0 saturated carbocycles. The summed E-state index contributed by atoms with van der Waals surface area (Å²) in [6.45, 7) is 7.02. The summed E-state index contributed by atoms with van der Waals surface area (Å²) in [7, 11) is 1.31. The topological polar surface area (TPSA) is 103 Å². The van der Waals surface area contributed by atoms with E-state index in [4.69, 9.17) is 20.0 Å². The molecule has 1 amide bonds. The second-order valence-electron chi connectivity index (χ2n) is 11.1. The van der Waals surface area contributed by atoms with Crippen molar-refractivity contribution in [1.82, 2.24) is 10.4 Å². The number of nitrogens with two attached hydrogens (primary N) is 1. The van der Waals surface area contributed by atoms with Crippen LogP contribution < -0.4 is 11.1 Å². The van der Waals surface area contributed by atoms with Crippen molar-refractivity contribution in [3.63, 3.8) is 0 Å². The average molecular weight is 550 g/mol. The number of hydrogen-bond acceptors (Lipinski definition) is 7. The predicted molar refractivity (Wildman–Crippen MR) is 156 cm³/mol. The summed E-state index contributed by atoms with van der Waals surface area (Å²) in [5.74, 6) is -0.556. The molecular formula is C31H55N3O5. The Morgan fingerprint density at radius 1 is 0.897 bits per heavy atom. The Balaban J connectivity index is 1.58. The molecule has 0 aromatic heterocycles. The summed E-state index contributed by atoms with van der Waals surface area (Å²) in [5, 5.41) is 4.31. The van der Waals surface area contributed by atoms with Crippen LogP contribution in [-0.4, -0.2) is 49.5 Å². The number of esters is 1. The zero-order valence-corrected chi connectivity index (χ0v) is 25.2. The van der Waals surface area contributed by atoms with Gasteiger partial charge in [0, 0.05) is 18.8 Å². The molecular weight excluding hydrogens is 494 g/mol. The Bertz CT molecular complexity index is 806. The van der Waals surface area contributed by atoms with Crippen molar-refractivity contribution >= 4 is 12.1 Å². The number of nitrogens with zero attached hydrogens (tertiary/aromatic N) is 1. The molecule has 2 rings (SSSR count). The molecule has 0 aromatic carbocycles. The largest absolute Gasteiger partial charge is 0.465 e. The van der Waals surface area contributed by atoms with Crippen LogP contribution in [0.25, 0.3) is 0 Å². The monoisotopic (exact) mass is 549 g/mol. The van der Waals surface area contributed by atoms with E-state index in [9.17, 15) is 9.59 Å². The van der Waals surface area contributed by atoms with Crippen molar-refractivity contribution in [2.45, 2.75) is 142 Å². The van der Waals surface area contributed by atoms with Gasteiger partial charge in [-0.25, -0.2) is 9.59 Å². The van der Waals surface area contributed by atoms with Crippen molar-refractivity contribution in [2.75, 3.05) is 20.3 Å². The van der Waals surface area contributed by atoms with Crippen LogP contribution in [0.5, 0.6) is 0 Å². The summed E-state index contributed by atoms with van der Waals surface area (Å²) in [5.41, 5.74) is 8.03. The van der Waals surface area contributed by atoms with Gasteiger partial charge in [-0.3, -0.25) is 0 Å². The lowest BCUT2D eigenvalue weighted by Gasteiger charge is -2.44. The van der Waals surface area contributed by atoms with Gasteiger partial charge in [0.05, 0.1) is 18.9 Å². The second-order valence-corrected chi connectivity index (χ2v) is 11.1. The van der Waals surface area contributed by atoms with Crippen molar-refractivity contribution < 1.29 is 23.9 Å². The minimum absolute atomic E-state index is 0.147. The van der Waals surface area contributed by atoms with E-state index in [0.717, 1.165) is 24.8 Å². The summed E-state index contributed by atoms with van der Waals surface area (Å²) in [4.78, 5) is 30.7. The molecule has 8 nitrogen and oxygen atoms in total. The molecule has 39 heavy (non-hydrogen) atoms. The number of allylic oxidation sites excluding steroid dienone is 1. The van der Waals surface area contributed by atoms with Gasteiger partial charge in [0.15, 0.2) is 0 Å². The number of hydrogen-bond donors (Lipinski definition) is 2. The highest BCUT2D eigenvalue weighted by molar-refractivity contribution is 5.94.